The van der Waals surface area contributed by atoms with Gasteiger partial charge in [0.05, 0.1) is 5.56 Å². The standard InChI is InChI=1S/C15H17F3N2O/c1-2-9-20-12(19-14(7-8-14)13(20)21)10-5-3-4-6-11(10)15(16,17)18/h3-6,12,19H,2,7-9H2,1H3. The molecule has 3 rings (SSSR count). The van der Waals surface area contributed by atoms with Crippen LogP contribution in [0, 0.1) is 0 Å². The van der Waals surface area contributed by atoms with Gasteiger partial charge in [0.15, 0.2) is 0 Å². The predicted molar refractivity (Wildman–Crippen MR) is 71.3 cm³/mol. The summed E-state index contributed by atoms with van der Waals surface area (Å²) >= 11 is 0. The molecule has 1 spiro atoms. The molecule has 21 heavy (non-hydrogen) atoms. The quantitative estimate of drug-likeness (QED) is 0.930. The van der Waals surface area contributed by atoms with E-state index < -0.39 is 23.4 Å². The number of amides is 1. The number of benzene rings is 1. The van der Waals surface area contributed by atoms with Gasteiger partial charge >= 0.3 is 6.18 Å². The van der Waals surface area contributed by atoms with Gasteiger partial charge in [0.2, 0.25) is 5.91 Å². The topological polar surface area (TPSA) is 32.3 Å². The molecule has 1 unspecified atom stereocenters. The molecule has 1 amide bonds. The minimum atomic E-state index is -4.42. The van der Waals surface area contributed by atoms with Crippen LogP contribution in [0.15, 0.2) is 24.3 Å². The van der Waals surface area contributed by atoms with E-state index in [0.717, 1.165) is 6.07 Å². The van der Waals surface area contributed by atoms with E-state index >= 15 is 0 Å². The SMILES string of the molecule is CCCN1C(=O)C2(CC2)NC1c1ccccc1C(F)(F)F. The van der Waals surface area contributed by atoms with Gasteiger partial charge in [-0.15, -0.1) is 0 Å². The number of nitrogens with zero attached hydrogens (tertiary/aromatic N) is 1. The summed E-state index contributed by atoms with van der Waals surface area (Å²) in [6, 6.07) is 5.49. The number of nitrogens with one attached hydrogen (secondary N) is 1. The summed E-state index contributed by atoms with van der Waals surface area (Å²) in [5, 5.41) is 3.13. The van der Waals surface area contributed by atoms with E-state index in [-0.39, 0.29) is 11.5 Å². The summed E-state index contributed by atoms with van der Waals surface area (Å²) in [5.74, 6) is -0.0636. The second kappa shape index (κ2) is 4.73. The van der Waals surface area contributed by atoms with Gasteiger partial charge in [0.1, 0.15) is 11.7 Å². The lowest BCUT2D eigenvalue weighted by Crippen LogP contribution is -2.33. The average molecular weight is 298 g/mol. The number of halogens is 3. The maximum Gasteiger partial charge on any atom is 0.416 e. The van der Waals surface area contributed by atoms with Crippen LogP contribution in [0.25, 0.3) is 0 Å². The molecule has 0 radical (unpaired) electrons. The third-order valence-electron chi connectivity index (χ3n) is 4.17. The molecule has 2 aliphatic rings. The zero-order chi connectivity index (χ0) is 15.3. The van der Waals surface area contributed by atoms with Crippen LogP contribution in [0.3, 0.4) is 0 Å². The second-order valence-corrected chi connectivity index (χ2v) is 5.71. The molecule has 1 aliphatic carbocycles. The zero-order valence-electron chi connectivity index (χ0n) is 11.7. The molecule has 0 aromatic heterocycles. The van der Waals surface area contributed by atoms with Crippen molar-refractivity contribution in [2.24, 2.45) is 0 Å². The van der Waals surface area contributed by atoms with Gasteiger partial charge in [-0.25, -0.2) is 0 Å². The lowest BCUT2D eigenvalue weighted by Gasteiger charge is -2.26. The van der Waals surface area contributed by atoms with Crippen molar-refractivity contribution in [1.29, 1.82) is 0 Å². The maximum absolute atomic E-state index is 13.2. The van der Waals surface area contributed by atoms with Crippen molar-refractivity contribution in [3.05, 3.63) is 35.4 Å². The van der Waals surface area contributed by atoms with Crippen LogP contribution < -0.4 is 5.32 Å². The van der Waals surface area contributed by atoms with Crippen LogP contribution in [0.2, 0.25) is 0 Å². The monoisotopic (exact) mass is 298 g/mol. The van der Waals surface area contributed by atoms with Crippen molar-refractivity contribution in [2.75, 3.05) is 6.54 Å². The van der Waals surface area contributed by atoms with Gasteiger partial charge in [-0.05, 0) is 25.3 Å². The van der Waals surface area contributed by atoms with Crippen molar-refractivity contribution >= 4 is 5.91 Å². The maximum atomic E-state index is 13.2. The molecule has 1 saturated carbocycles. The third-order valence-corrected chi connectivity index (χ3v) is 4.17. The summed E-state index contributed by atoms with van der Waals surface area (Å²) < 4.78 is 39.6. The molecule has 1 heterocycles. The molecule has 1 atom stereocenters. The van der Waals surface area contributed by atoms with E-state index in [1.807, 2.05) is 6.92 Å². The van der Waals surface area contributed by atoms with E-state index in [1.54, 1.807) is 11.0 Å². The Hall–Kier alpha value is -1.56. The Bertz CT molecular complexity index is 566. The highest BCUT2D eigenvalue weighted by atomic mass is 19.4. The normalized spacial score (nSPS) is 23.9. The van der Waals surface area contributed by atoms with Crippen molar-refractivity contribution in [3.8, 4) is 0 Å². The zero-order valence-corrected chi connectivity index (χ0v) is 11.7. The Morgan fingerprint density at radius 3 is 2.57 bits per heavy atom. The number of hydrogen-bond acceptors (Lipinski definition) is 2. The molecule has 1 N–H and O–H groups in total. The second-order valence-electron chi connectivity index (χ2n) is 5.71. The Kier molecular flexibility index (Phi) is 3.24. The number of alkyl halides is 3. The van der Waals surface area contributed by atoms with Crippen LogP contribution in [0.4, 0.5) is 13.2 Å². The molecule has 6 heteroatoms. The van der Waals surface area contributed by atoms with Crippen LogP contribution >= 0.6 is 0 Å². The van der Waals surface area contributed by atoms with E-state index in [2.05, 4.69) is 5.32 Å². The highest BCUT2D eigenvalue weighted by Gasteiger charge is 2.59. The Balaban J connectivity index is 2.01. The smallest absolute Gasteiger partial charge is 0.321 e. The summed E-state index contributed by atoms with van der Waals surface area (Å²) in [6.07, 6.45) is -2.97. The van der Waals surface area contributed by atoms with Gasteiger partial charge in [-0.2, -0.15) is 13.2 Å². The predicted octanol–water partition coefficient (Wildman–Crippen LogP) is 3.08. The number of rotatable bonds is 3. The average Bonchev–Trinajstić information content (AvgIpc) is 3.16. The fourth-order valence-electron chi connectivity index (χ4n) is 2.99. The highest BCUT2D eigenvalue weighted by molar-refractivity contribution is 5.92. The van der Waals surface area contributed by atoms with E-state index in [0.29, 0.717) is 25.8 Å². The van der Waals surface area contributed by atoms with Gasteiger partial charge in [0.25, 0.3) is 0 Å². The van der Waals surface area contributed by atoms with Gasteiger partial charge in [0, 0.05) is 12.1 Å². The molecule has 3 nitrogen and oxygen atoms in total. The molecular weight excluding hydrogens is 281 g/mol. The molecular formula is C15H17F3N2O. The fourth-order valence-corrected chi connectivity index (χ4v) is 2.99. The molecule has 114 valence electrons. The fraction of sp³-hybridized carbons (Fsp3) is 0.533. The van der Waals surface area contributed by atoms with Gasteiger partial charge in [-0.1, -0.05) is 25.1 Å². The molecule has 1 aliphatic heterocycles. The van der Waals surface area contributed by atoms with Crippen molar-refractivity contribution in [3.63, 3.8) is 0 Å². The summed E-state index contributed by atoms with van der Waals surface area (Å²) in [5.41, 5.74) is -1.15. The molecule has 1 aromatic rings. The molecule has 0 bridgehead atoms. The van der Waals surface area contributed by atoms with Crippen LogP contribution in [0.5, 0.6) is 0 Å². The van der Waals surface area contributed by atoms with Gasteiger partial charge < -0.3 is 4.90 Å². The van der Waals surface area contributed by atoms with Crippen LogP contribution in [-0.4, -0.2) is 22.9 Å². The summed E-state index contributed by atoms with van der Waals surface area (Å²) in [4.78, 5) is 14.0. The minimum Gasteiger partial charge on any atom is -0.321 e. The first kappa shape index (κ1) is 14.4. The van der Waals surface area contributed by atoms with E-state index in [9.17, 15) is 18.0 Å². The Morgan fingerprint density at radius 1 is 1.33 bits per heavy atom. The molecule has 1 aromatic carbocycles. The van der Waals surface area contributed by atoms with Crippen LogP contribution in [0.1, 0.15) is 43.5 Å². The summed E-state index contributed by atoms with van der Waals surface area (Å²) in [6.45, 7) is 2.38. The lowest BCUT2D eigenvalue weighted by atomic mass is 10.0. The number of hydrogen-bond donors (Lipinski definition) is 1. The first-order valence-electron chi connectivity index (χ1n) is 7.14. The van der Waals surface area contributed by atoms with E-state index in [4.69, 9.17) is 0 Å². The number of carbonyl (C=O) groups excluding carboxylic acids is 1. The van der Waals surface area contributed by atoms with E-state index in [1.165, 1.54) is 12.1 Å². The lowest BCUT2D eigenvalue weighted by molar-refractivity contribution is -0.139. The number of carbonyl (C=O) groups is 1. The molecule has 1 saturated heterocycles. The Labute approximate surface area is 121 Å². The summed E-state index contributed by atoms with van der Waals surface area (Å²) in [7, 11) is 0. The van der Waals surface area contributed by atoms with Gasteiger partial charge in [-0.3, -0.25) is 10.1 Å². The largest absolute Gasteiger partial charge is 0.416 e. The third kappa shape index (κ3) is 2.31. The Morgan fingerprint density at radius 2 is 2.00 bits per heavy atom. The minimum absolute atomic E-state index is 0.0636. The molecule has 2 fully saturated rings. The first-order chi connectivity index (χ1) is 9.89. The van der Waals surface area contributed by atoms with Crippen molar-refractivity contribution in [2.45, 2.75) is 44.1 Å². The van der Waals surface area contributed by atoms with Crippen molar-refractivity contribution < 1.29 is 18.0 Å². The van der Waals surface area contributed by atoms with Crippen LogP contribution in [-0.2, 0) is 11.0 Å². The van der Waals surface area contributed by atoms with Crippen molar-refractivity contribution in [1.82, 2.24) is 10.2 Å². The highest BCUT2D eigenvalue weighted by Crippen LogP contribution is 2.47. The first-order valence-corrected chi connectivity index (χ1v) is 7.14.